The van der Waals surface area contributed by atoms with E-state index in [2.05, 4.69) is 15.5 Å². The van der Waals surface area contributed by atoms with Crippen LogP contribution in [0.3, 0.4) is 0 Å². The van der Waals surface area contributed by atoms with E-state index >= 15 is 0 Å². The number of benzene rings is 1. The van der Waals surface area contributed by atoms with Gasteiger partial charge in [-0.25, -0.2) is 9.36 Å². The summed E-state index contributed by atoms with van der Waals surface area (Å²) in [6, 6.07) is 8.79. The Bertz CT molecular complexity index is 1090. The Balaban J connectivity index is 1.80. The number of halogens is 3. The van der Waals surface area contributed by atoms with Gasteiger partial charge in [0.15, 0.2) is 5.82 Å². The van der Waals surface area contributed by atoms with Crippen molar-refractivity contribution in [2.45, 2.75) is 26.6 Å². The monoisotopic (exact) mass is 391 g/mol. The highest BCUT2D eigenvalue weighted by molar-refractivity contribution is 5.90. The van der Waals surface area contributed by atoms with Gasteiger partial charge in [-0.1, -0.05) is 6.07 Å². The molecule has 0 unspecified atom stereocenters. The van der Waals surface area contributed by atoms with Gasteiger partial charge in [0.1, 0.15) is 6.54 Å². The fourth-order valence-electron chi connectivity index (χ4n) is 2.64. The van der Waals surface area contributed by atoms with Gasteiger partial charge in [-0.15, -0.1) is 5.10 Å². The van der Waals surface area contributed by atoms with Crippen molar-refractivity contribution in [3.63, 3.8) is 0 Å². The molecule has 28 heavy (non-hydrogen) atoms. The summed E-state index contributed by atoms with van der Waals surface area (Å²) in [6.07, 6.45) is -4.52. The van der Waals surface area contributed by atoms with Crippen LogP contribution in [0.1, 0.15) is 17.0 Å². The van der Waals surface area contributed by atoms with Gasteiger partial charge in [-0.3, -0.25) is 9.59 Å². The van der Waals surface area contributed by atoms with E-state index in [4.69, 9.17) is 0 Å². The molecule has 146 valence electrons. The number of amides is 1. The molecule has 0 bridgehead atoms. The van der Waals surface area contributed by atoms with E-state index in [1.165, 1.54) is 28.9 Å². The summed E-state index contributed by atoms with van der Waals surface area (Å²) in [4.78, 5) is 24.2. The SMILES string of the molecule is Cc1cc(C)n(-c2ccc(=O)n(CC(=O)Nc3cccc(C(F)(F)F)c3)n2)n1. The van der Waals surface area contributed by atoms with E-state index in [1.807, 2.05) is 19.9 Å². The van der Waals surface area contributed by atoms with Crippen molar-refractivity contribution >= 4 is 11.6 Å². The zero-order valence-corrected chi connectivity index (χ0v) is 15.0. The van der Waals surface area contributed by atoms with Gasteiger partial charge in [-0.05, 0) is 44.2 Å². The third kappa shape index (κ3) is 4.27. The smallest absolute Gasteiger partial charge is 0.324 e. The van der Waals surface area contributed by atoms with Crippen LogP contribution in [0.5, 0.6) is 0 Å². The summed E-state index contributed by atoms with van der Waals surface area (Å²) in [6.45, 7) is 3.17. The molecule has 0 saturated carbocycles. The van der Waals surface area contributed by atoms with Crippen LogP contribution < -0.4 is 10.9 Å². The molecular weight excluding hydrogens is 375 g/mol. The van der Waals surface area contributed by atoms with Gasteiger partial charge >= 0.3 is 6.18 Å². The van der Waals surface area contributed by atoms with Gasteiger partial charge in [0.2, 0.25) is 5.91 Å². The van der Waals surface area contributed by atoms with Crippen LogP contribution in [0, 0.1) is 13.8 Å². The first kappa shape index (κ1) is 19.3. The molecule has 0 saturated heterocycles. The zero-order chi connectivity index (χ0) is 20.5. The summed E-state index contributed by atoms with van der Waals surface area (Å²) >= 11 is 0. The molecule has 3 rings (SSSR count). The lowest BCUT2D eigenvalue weighted by Gasteiger charge is -2.11. The standard InChI is InChI=1S/C18H16F3N5O2/c1-11-8-12(2)26(23-11)15-6-7-17(28)25(24-15)10-16(27)22-14-5-3-4-13(9-14)18(19,20)21/h3-9H,10H2,1-2H3,(H,22,27). The van der Waals surface area contributed by atoms with Gasteiger partial charge in [0, 0.05) is 17.4 Å². The number of hydrogen-bond acceptors (Lipinski definition) is 4. The molecule has 0 aliphatic carbocycles. The maximum atomic E-state index is 12.8. The molecule has 1 aromatic carbocycles. The van der Waals surface area contributed by atoms with Gasteiger partial charge in [0.05, 0.1) is 11.3 Å². The van der Waals surface area contributed by atoms with E-state index in [1.54, 1.807) is 0 Å². The van der Waals surface area contributed by atoms with Crippen molar-refractivity contribution in [1.29, 1.82) is 0 Å². The first-order valence-electron chi connectivity index (χ1n) is 8.22. The second-order valence-corrected chi connectivity index (χ2v) is 6.15. The van der Waals surface area contributed by atoms with E-state index in [0.717, 1.165) is 28.2 Å². The Labute approximate surface area is 157 Å². The van der Waals surface area contributed by atoms with Crippen molar-refractivity contribution in [3.05, 3.63) is 69.8 Å². The van der Waals surface area contributed by atoms with Crippen LogP contribution >= 0.6 is 0 Å². The van der Waals surface area contributed by atoms with E-state index in [-0.39, 0.29) is 5.69 Å². The number of nitrogens with zero attached hydrogens (tertiary/aromatic N) is 4. The lowest BCUT2D eigenvalue weighted by Crippen LogP contribution is -2.30. The molecule has 0 aliphatic heterocycles. The van der Waals surface area contributed by atoms with Gasteiger partial charge in [-0.2, -0.15) is 18.3 Å². The summed E-state index contributed by atoms with van der Waals surface area (Å²) in [5.74, 6) is -0.337. The average Bonchev–Trinajstić information content (AvgIpc) is 2.94. The fraction of sp³-hybridized carbons (Fsp3) is 0.222. The summed E-state index contributed by atoms with van der Waals surface area (Å²) < 4.78 is 40.8. The van der Waals surface area contributed by atoms with Crippen LogP contribution in [0.15, 0.2) is 47.3 Å². The highest BCUT2D eigenvalue weighted by Crippen LogP contribution is 2.30. The first-order valence-corrected chi connectivity index (χ1v) is 8.22. The Morgan fingerprint density at radius 1 is 1.11 bits per heavy atom. The highest BCUT2D eigenvalue weighted by Gasteiger charge is 2.30. The lowest BCUT2D eigenvalue weighted by atomic mass is 10.2. The fourth-order valence-corrected chi connectivity index (χ4v) is 2.64. The number of hydrogen-bond donors (Lipinski definition) is 1. The number of alkyl halides is 3. The highest BCUT2D eigenvalue weighted by atomic mass is 19.4. The van der Waals surface area contributed by atoms with Crippen LogP contribution in [-0.4, -0.2) is 25.5 Å². The molecule has 0 fully saturated rings. The van der Waals surface area contributed by atoms with Crippen LogP contribution in [0.25, 0.3) is 5.82 Å². The van der Waals surface area contributed by atoms with Crippen molar-refractivity contribution in [1.82, 2.24) is 19.6 Å². The van der Waals surface area contributed by atoms with Gasteiger partial charge < -0.3 is 5.32 Å². The van der Waals surface area contributed by atoms with Crippen LogP contribution in [-0.2, 0) is 17.5 Å². The van der Waals surface area contributed by atoms with E-state index in [0.29, 0.717) is 5.82 Å². The molecule has 1 N–H and O–H groups in total. The third-order valence-corrected chi connectivity index (χ3v) is 3.85. The normalized spacial score (nSPS) is 11.5. The second-order valence-electron chi connectivity index (χ2n) is 6.15. The van der Waals surface area contributed by atoms with E-state index < -0.39 is 29.8 Å². The first-order chi connectivity index (χ1) is 13.1. The Morgan fingerprint density at radius 2 is 1.86 bits per heavy atom. The molecule has 0 atom stereocenters. The molecule has 1 amide bonds. The zero-order valence-electron chi connectivity index (χ0n) is 15.0. The maximum Gasteiger partial charge on any atom is 0.416 e. The third-order valence-electron chi connectivity index (χ3n) is 3.85. The number of rotatable bonds is 4. The Morgan fingerprint density at radius 3 is 2.50 bits per heavy atom. The number of aromatic nitrogens is 4. The largest absolute Gasteiger partial charge is 0.416 e. The quantitative estimate of drug-likeness (QED) is 0.742. The number of aryl methyl sites for hydroxylation is 2. The maximum absolute atomic E-state index is 12.8. The minimum absolute atomic E-state index is 0.0254. The van der Waals surface area contributed by atoms with E-state index in [9.17, 15) is 22.8 Å². The molecule has 0 radical (unpaired) electrons. The lowest BCUT2D eigenvalue weighted by molar-refractivity contribution is -0.137. The Hall–Kier alpha value is -3.43. The summed E-state index contributed by atoms with van der Waals surface area (Å²) in [7, 11) is 0. The Kier molecular flexibility index (Phi) is 5.04. The molecule has 0 spiro atoms. The number of nitrogens with one attached hydrogen (secondary N) is 1. The average molecular weight is 391 g/mol. The molecule has 3 aromatic rings. The molecular formula is C18H16F3N5O2. The minimum atomic E-state index is -4.52. The molecule has 2 heterocycles. The van der Waals surface area contributed by atoms with Crippen molar-refractivity contribution in [3.8, 4) is 5.82 Å². The predicted molar refractivity (Wildman–Crippen MR) is 95.2 cm³/mol. The number of carbonyl (C=O) groups excluding carboxylic acids is 1. The number of carbonyl (C=O) groups is 1. The molecule has 7 nitrogen and oxygen atoms in total. The summed E-state index contributed by atoms with van der Waals surface area (Å²) in [5, 5.41) is 10.7. The predicted octanol–water partition coefficient (Wildman–Crippen LogP) is 2.70. The molecule has 10 heteroatoms. The van der Waals surface area contributed by atoms with Crippen LogP contribution in [0.2, 0.25) is 0 Å². The summed E-state index contributed by atoms with van der Waals surface area (Å²) in [5.41, 5.74) is 0.127. The van der Waals surface area contributed by atoms with Crippen LogP contribution in [0.4, 0.5) is 18.9 Å². The van der Waals surface area contributed by atoms with Gasteiger partial charge in [0.25, 0.3) is 5.56 Å². The van der Waals surface area contributed by atoms with Crippen molar-refractivity contribution in [2.24, 2.45) is 0 Å². The van der Waals surface area contributed by atoms with Crippen molar-refractivity contribution < 1.29 is 18.0 Å². The van der Waals surface area contributed by atoms with Crippen molar-refractivity contribution in [2.75, 3.05) is 5.32 Å². The molecule has 2 aromatic heterocycles. The topological polar surface area (TPSA) is 81.8 Å². The number of anilines is 1. The molecule has 0 aliphatic rings. The minimum Gasteiger partial charge on any atom is -0.324 e. The second kappa shape index (κ2) is 7.29.